The summed E-state index contributed by atoms with van der Waals surface area (Å²) in [6, 6.07) is 0. The van der Waals surface area contributed by atoms with Crippen molar-refractivity contribution in [3.63, 3.8) is 0 Å². The molecule has 5 nitrogen and oxygen atoms in total. The van der Waals surface area contributed by atoms with Crippen LogP contribution in [0.4, 0.5) is 0 Å². The fourth-order valence-corrected chi connectivity index (χ4v) is 2.38. The van der Waals surface area contributed by atoms with Crippen LogP contribution in [0.1, 0.15) is 27.2 Å². The molecular formula is C13H26N2O3. The Kier molecular flexibility index (Phi) is 5.56. The first kappa shape index (κ1) is 15.4. The third-order valence-electron chi connectivity index (χ3n) is 3.07. The summed E-state index contributed by atoms with van der Waals surface area (Å²) in [7, 11) is 1.66. The van der Waals surface area contributed by atoms with Crippen LogP contribution in [0.2, 0.25) is 0 Å². The number of amides is 1. The van der Waals surface area contributed by atoms with E-state index in [1.54, 1.807) is 7.11 Å². The maximum atomic E-state index is 12.2. The molecule has 0 aromatic carbocycles. The van der Waals surface area contributed by atoms with E-state index in [1.807, 2.05) is 25.7 Å². The highest BCUT2D eigenvalue weighted by Crippen LogP contribution is 2.21. The highest BCUT2D eigenvalue weighted by atomic mass is 16.5. The Bertz CT molecular complexity index is 281. The summed E-state index contributed by atoms with van der Waals surface area (Å²) in [6.07, 6.45) is 0.455. The molecule has 1 fully saturated rings. The van der Waals surface area contributed by atoms with Crippen molar-refractivity contribution in [1.82, 2.24) is 4.90 Å². The number of hydrogen-bond acceptors (Lipinski definition) is 4. The Morgan fingerprint density at radius 3 is 2.83 bits per heavy atom. The molecule has 2 N–H and O–H groups in total. The lowest BCUT2D eigenvalue weighted by molar-refractivity contribution is -0.160. The van der Waals surface area contributed by atoms with Crippen molar-refractivity contribution < 1.29 is 14.3 Å². The maximum absolute atomic E-state index is 12.2. The molecule has 0 aromatic heterocycles. The van der Waals surface area contributed by atoms with E-state index in [0.29, 0.717) is 32.7 Å². The minimum absolute atomic E-state index is 0.0598. The van der Waals surface area contributed by atoms with Crippen LogP contribution in [-0.4, -0.2) is 55.9 Å². The fourth-order valence-electron chi connectivity index (χ4n) is 2.38. The smallest absolute Gasteiger partial charge is 0.223 e. The summed E-state index contributed by atoms with van der Waals surface area (Å²) in [5.41, 5.74) is 5.34. The molecule has 0 bridgehead atoms. The van der Waals surface area contributed by atoms with E-state index in [2.05, 4.69) is 0 Å². The monoisotopic (exact) mass is 258 g/mol. The van der Waals surface area contributed by atoms with Crippen LogP contribution in [0, 0.1) is 5.92 Å². The Morgan fingerprint density at radius 1 is 1.61 bits per heavy atom. The average molecular weight is 258 g/mol. The number of methoxy groups -OCH3 is 1. The van der Waals surface area contributed by atoms with Crippen LogP contribution in [0.3, 0.4) is 0 Å². The van der Waals surface area contributed by atoms with Gasteiger partial charge >= 0.3 is 0 Å². The average Bonchev–Trinajstić information content (AvgIpc) is 2.26. The van der Waals surface area contributed by atoms with Gasteiger partial charge in [0.05, 0.1) is 11.7 Å². The Balaban J connectivity index is 2.56. The molecule has 1 aliphatic heterocycles. The Hall–Kier alpha value is -0.650. The molecule has 0 aliphatic carbocycles. The van der Waals surface area contributed by atoms with Crippen molar-refractivity contribution in [3.05, 3.63) is 0 Å². The van der Waals surface area contributed by atoms with E-state index < -0.39 is 0 Å². The predicted molar refractivity (Wildman–Crippen MR) is 70.2 cm³/mol. The molecule has 106 valence electrons. The van der Waals surface area contributed by atoms with Gasteiger partial charge in [0.25, 0.3) is 0 Å². The number of nitrogens with zero attached hydrogens (tertiary/aromatic N) is 1. The minimum Gasteiger partial charge on any atom is -0.384 e. The van der Waals surface area contributed by atoms with Gasteiger partial charge < -0.3 is 20.1 Å². The lowest BCUT2D eigenvalue weighted by Gasteiger charge is -2.42. The largest absolute Gasteiger partial charge is 0.384 e. The second kappa shape index (κ2) is 6.50. The molecule has 2 unspecified atom stereocenters. The SMILES string of the molecule is COCC(C)CC(=O)N1CC(CN)OC(C)(C)C1. The second-order valence-corrected chi connectivity index (χ2v) is 5.77. The van der Waals surface area contributed by atoms with E-state index in [0.717, 1.165) is 0 Å². The molecule has 1 heterocycles. The second-order valence-electron chi connectivity index (χ2n) is 5.77. The number of carbonyl (C=O) groups is 1. The molecule has 0 spiro atoms. The quantitative estimate of drug-likeness (QED) is 0.785. The zero-order valence-corrected chi connectivity index (χ0v) is 11.9. The highest BCUT2D eigenvalue weighted by molar-refractivity contribution is 5.76. The predicted octanol–water partition coefficient (Wildman–Crippen LogP) is 0.624. The molecular weight excluding hydrogens is 232 g/mol. The Morgan fingerprint density at radius 2 is 2.28 bits per heavy atom. The molecule has 1 amide bonds. The summed E-state index contributed by atoms with van der Waals surface area (Å²) in [6.45, 7) is 8.29. The van der Waals surface area contributed by atoms with Gasteiger partial charge in [-0.2, -0.15) is 0 Å². The van der Waals surface area contributed by atoms with E-state index in [1.165, 1.54) is 0 Å². The van der Waals surface area contributed by atoms with Gasteiger partial charge in [-0.25, -0.2) is 0 Å². The Labute approximate surface area is 110 Å². The summed E-state index contributed by atoms with van der Waals surface area (Å²) < 4.78 is 10.9. The van der Waals surface area contributed by atoms with Crippen molar-refractivity contribution in [1.29, 1.82) is 0 Å². The zero-order valence-electron chi connectivity index (χ0n) is 11.9. The third kappa shape index (κ3) is 4.55. The molecule has 2 atom stereocenters. The maximum Gasteiger partial charge on any atom is 0.223 e. The molecule has 1 saturated heterocycles. The first-order valence-corrected chi connectivity index (χ1v) is 6.52. The number of morpholine rings is 1. The molecule has 0 saturated carbocycles. The van der Waals surface area contributed by atoms with Crippen molar-refractivity contribution >= 4 is 5.91 Å². The third-order valence-corrected chi connectivity index (χ3v) is 3.07. The number of hydrogen-bond donors (Lipinski definition) is 1. The van der Waals surface area contributed by atoms with Crippen molar-refractivity contribution in [3.8, 4) is 0 Å². The van der Waals surface area contributed by atoms with Crippen molar-refractivity contribution in [2.75, 3.05) is 33.4 Å². The molecule has 1 rings (SSSR count). The van der Waals surface area contributed by atoms with Gasteiger partial charge in [0.2, 0.25) is 5.91 Å². The molecule has 1 aliphatic rings. The van der Waals surface area contributed by atoms with Crippen LogP contribution in [0.25, 0.3) is 0 Å². The first-order valence-electron chi connectivity index (χ1n) is 6.52. The van der Waals surface area contributed by atoms with Gasteiger partial charge in [0.15, 0.2) is 0 Å². The minimum atomic E-state index is -0.317. The summed E-state index contributed by atoms with van der Waals surface area (Å²) >= 11 is 0. The van der Waals surface area contributed by atoms with Gasteiger partial charge in [-0.1, -0.05) is 6.92 Å². The van der Waals surface area contributed by atoms with Gasteiger partial charge in [0.1, 0.15) is 0 Å². The van der Waals surface area contributed by atoms with Gasteiger partial charge in [-0.05, 0) is 19.8 Å². The van der Waals surface area contributed by atoms with E-state index in [9.17, 15) is 4.79 Å². The normalized spacial score (nSPS) is 24.9. The standard InChI is InChI=1S/C13H26N2O3/c1-10(8-17-4)5-12(16)15-7-11(6-14)18-13(2,3)9-15/h10-11H,5-9,14H2,1-4H3. The zero-order chi connectivity index (χ0) is 13.8. The molecule has 0 radical (unpaired) electrons. The van der Waals surface area contributed by atoms with Gasteiger partial charge in [-0.15, -0.1) is 0 Å². The van der Waals surface area contributed by atoms with Crippen LogP contribution >= 0.6 is 0 Å². The number of ether oxygens (including phenoxy) is 2. The van der Waals surface area contributed by atoms with Crippen LogP contribution in [0.5, 0.6) is 0 Å². The number of rotatable bonds is 5. The lowest BCUT2D eigenvalue weighted by atomic mass is 10.0. The fraction of sp³-hybridized carbons (Fsp3) is 0.923. The summed E-state index contributed by atoms with van der Waals surface area (Å²) in [4.78, 5) is 14.1. The molecule has 0 aromatic rings. The van der Waals surface area contributed by atoms with Crippen LogP contribution < -0.4 is 5.73 Å². The number of nitrogens with two attached hydrogens (primary N) is 1. The van der Waals surface area contributed by atoms with Crippen molar-refractivity contribution in [2.45, 2.75) is 38.9 Å². The topological polar surface area (TPSA) is 64.8 Å². The molecule has 18 heavy (non-hydrogen) atoms. The number of carbonyl (C=O) groups excluding carboxylic acids is 1. The van der Waals surface area contributed by atoms with Crippen LogP contribution in [0.15, 0.2) is 0 Å². The molecule has 5 heteroatoms. The van der Waals surface area contributed by atoms with E-state index in [4.69, 9.17) is 15.2 Å². The van der Waals surface area contributed by atoms with Gasteiger partial charge in [0, 0.05) is 39.8 Å². The van der Waals surface area contributed by atoms with Crippen LogP contribution in [-0.2, 0) is 14.3 Å². The lowest BCUT2D eigenvalue weighted by Crippen LogP contribution is -2.56. The first-order chi connectivity index (χ1) is 8.38. The van der Waals surface area contributed by atoms with Crippen molar-refractivity contribution in [2.24, 2.45) is 11.7 Å². The van der Waals surface area contributed by atoms with Gasteiger partial charge in [-0.3, -0.25) is 4.79 Å². The highest BCUT2D eigenvalue weighted by Gasteiger charge is 2.35. The van der Waals surface area contributed by atoms with E-state index >= 15 is 0 Å². The summed E-state index contributed by atoms with van der Waals surface area (Å²) in [5, 5.41) is 0. The van der Waals surface area contributed by atoms with E-state index in [-0.39, 0.29) is 23.5 Å². The summed E-state index contributed by atoms with van der Waals surface area (Å²) in [5.74, 6) is 0.402.